The largest absolute Gasteiger partial charge is 0.478 e. The molecule has 104 valence electrons. The molecule has 4 nitrogen and oxygen atoms in total. The topological polar surface area (TPSA) is 63.3 Å². The van der Waals surface area contributed by atoms with E-state index in [9.17, 15) is 4.79 Å². The second kappa shape index (κ2) is 4.63. The van der Waals surface area contributed by atoms with E-state index in [1.807, 2.05) is 12.1 Å². The van der Waals surface area contributed by atoms with Crippen molar-refractivity contribution in [2.24, 2.45) is 0 Å². The Bertz CT molecular complexity index is 856. The summed E-state index contributed by atoms with van der Waals surface area (Å²) in [6.07, 6.45) is 0. The van der Waals surface area contributed by atoms with Gasteiger partial charge in [-0.05, 0) is 29.8 Å². The van der Waals surface area contributed by atoms with Gasteiger partial charge in [0, 0.05) is 10.6 Å². The lowest BCUT2D eigenvalue weighted by atomic mass is 10.0. The van der Waals surface area contributed by atoms with Gasteiger partial charge in [0.25, 0.3) is 0 Å². The summed E-state index contributed by atoms with van der Waals surface area (Å²) in [7, 11) is 0. The van der Waals surface area contributed by atoms with Gasteiger partial charge in [-0.15, -0.1) is 11.8 Å². The molecule has 1 aliphatic heterocycles. The zero-order chi connectivity index (χ0) is 14.4. The minimum atomic E-state index is -0.961. The molecule has 0 amide bonds. The van der Waals surface area contributed by atoms with Crippen molar-refractivity contribution >= 4 is 28.8 Å². The van der Waals surface area contributed by atoms with Crippen LogP contribution in [0, 0.1) is 0 Å². The Morgan fingerprint density at radius 2 is 2.14 bits per heavy atom. The van der Waals surface area contributed by atoms with Crippen LogP contribution >= 0.6 is 11.8 Å². The standard InChI is InChI=1S/C16H11NO3S/c18-16(19)9-5-6-12-13(7-9)20-15(17-12)11-8-21-14-4-2-1-3-10(11)14/h1-7,11H,8H2,(H,18,19). The molecule has 0 bridgehead atoms. The van der Waals surface area contributed by atoms with Gasteiger partial charge < -0.3 is 9.52 Å². The predicted octanol–water partition coefficient (Wildman–Crippen LogP) is 3.76. The van der Waals surface area contributed by atoms with Crippen LogP contribution in [0.1, 0.15) is 27.7 Å². The first-order valence-corrected chi connectivity index (χ1v) is 7.56. The lowest BCUT2D eigenvalue weighted by Crippen LogP contribution is -1.99. The van der Waals surface area contributed by atoms with Gasteiger partial charge in [-0.3, -0.25) is 0 Å². The third kappa shape index (κ3) is 2.01. The van der Waals surface area contributed by atoms with Crippen molar-refractivity contribution in [2.75, 3.05) is 5.75 Å². The number of oxazole rings is 1. The first-order chi connectivity index (χ1) is 10.2. The summed E-state index contributed by atoms with van der Waals surface area (Å²) < 4.78 is 5.81. The molecule has 0 saturated heterocycles. The lowest BCUT2D eigenvalue weighted by molar-refractivity contribution is 0.0697. The summed E-state index contributed by atoms with van der Waals surface area (Å²) in [6, 6.07) is 13.0. The maximum absolute atomic E-state index is 11.0. The Hall–Kier alpha value is -2.27. The quantitative estimate of drug-likeness (QED) is 0.780. The van der Waals surface area contributed by atoms with E-state index in [-0.39, 0.29) is 11.5 Å². The molecule has 2 heterocycles. The summed E-state index contributed by atoms with van der Waals surface area (Å²) in [5, 5.41) is 9.03. The third-order valence-electron chi connectivity index (χ3n) is 3.65. The number of thioether (sulfide) groups is 1. The van der Waals surface area contributed by atoms with E-state index in [1.165, 1.54) is 16.5 Å². The second-order valence-corrected chi connectivity index (χ2v) is 6.00. The molecule has 0 saturated carbocycles. The van der Waals surface area contributed by atoms with Gasteiger partial charge in [0.2, 0.25) is 5.89 Å². The van der Waals surface area contributed by atoms with Crippen LogP contribution in [-0.4, -0.2) is 21.8 Å². The van der Waals surface area contributed by atoms with E-state index in [4.69, 9.17) is 9.52 Å². The zero-order valence-corrected chi connectivity index (χ0v) is 11.8. The lowest BCUT2D eigenvalue weighted by Gasteiger charge is -2.04. The van der Waals surface area contributed by atoms with E-state index in [0.717, 1.165) is 5.75 Å². The molecule has 1 aliphatic rings. The highest BCUT2D eigenvalue weighted by molar-refractivity contribution is 7.99. The maximum Gasteiger partial charge on any atom is 0.335 e. The molecule has 0 spiro atoms. The van der Waals surface area contributed by atoms with E-state index in [0.29, 0.717) is 17.0 Å². The number of aromatic carboxylic acids is 1. The van der Waals surface area contributed by atoms with Crippen LogP contribution in [0.3, 0.4) is 0 Å². The molecule has 1 aromatic heterocycles. The fraction of sp³-hybridized carbons (Fsp3) is 0.125. The van der Waals surface area contributed by atoms with Crippen molar-refractivity contribution < 1.29 is 14.3 Å². The molecular weight excluding hydrogens is 286 g/mol. The third-order valence-corrected chi connectivity index (χ3v) is 4.83. The molecule has 0 radical (unpaired) electrons. The normalized spacial score (nSPS) is 17.0. The summed E-state index contributed by atoms with van der Waals surface area (Å²) in [4.78, 5) is 16.8. The van der Waals surface area contributed by atoms with Gasteiger partial charge in [0.15, 0.2) is 5.58 Å². The highest BCUT2D eigenvalue weighted by Gasteiger charge is 2.28. The van der Waals surface area contributed by atoms with Crippen LogP contribution in [0.2, 0.25) is 0 Å². The van der Waals surface area contributed by atoms with Crippen molar-refractivity contribution in [2.45, 2.75) is 10.8 Å². The van der Waals surface area contributed by atoms with Crippen LogP contribution in [0.4, 0.5) is 0 Å². The van der Waals surface area contributed by atoms with Crippen molar-refractivity contribution in [1.82, 2.24) is 4.98 Å². The average molecular weight is 297 g/mol. The fourth-order valence-electron chi connectivity index (χ4n) is 2.59. The summed E-state index contributed by atoms with van der Waals surface area (Å²) in [5.41, 5.74) is 2.67. The molecular formula is C16H11NO3S. The van der Waals surface area contributed by atoms with Gasteiger partial charge in [0.05, 0.1) is 11.5 Å². The molecule has 0 aliphatic carbocycles. The van der Waals surface area contributed by atoms with Crippen molar-refractivity contribution in [3.8, 4) is 0 Å². The van der Waals surface area contributed by atoms with Crippen molar-refractivity contribution in [3.05, 3.63) is 59.5 Å². The van der Waals surface area contributed by atoms with E-state index < -0.39 is 5.97 Å². The summed E-state index contributed by atoms with van der Waals surface area (Å²) in [5.74, 6) is 0.728. The molecule has 1 N–H and O–H groups in total. The zero-order valence-electron chi connectivity index (χ0n) is 10.9. The average Bonchev–Trinajstić information content (AvgIpc) is 3.09. The number of carboxylic acids is 1. The van der Waals surface area contributed by atoms with Crippen LogP contribution < -0.4 is 0 Å². The van der Waals surface area contributed by atoms with Gasteiger partial charge in [-0.2, -0.15) is 0 Å². The monoisotopic (exact) mass is 297 g/mol. The highest BCUT2D eigenvalue weighted by atomic mass is 32.2. The van der Waals surface area contributed by atoms with Crippen LogP contribution in [-0.2, 0) is 0 Å². The fourth-order valence-corrected chi connectivity index (χ4v) is 3.81. The Balaban J connectivity index is 1.80. The molecule has 1 unspecified atom stereocenters. The Labute approximate surface area is 124 Å². The number of carbonyl (C=O) groups is 1. The smallest absolute Gasteiger partial charge is 0.335 e. The molecule has 0 fully saturated rings. The number of fused-ring (bicyclic) bond motifs is 2. The SMILES string of the molecule is O=C(O)c1ccc2nc(C3CSc4ccccc43)oc2c1. The van der Waals surface area contributed by atoms with Crippen LogP contribution in [0.15, 0.2) is 51.8 Å². The molecule has 21 heavy (non-hydrogen) atoms. The molecule has 2 aromatic carbocycles. The second-order valence-electron chi connectivity index (χ2n) is 4.94. The van der Waals surface area contributed by atoms with Crippen molar-refractivity contribution in [1.29, 1.82) is 0 Å². The van der Waals surface area contributed by atoms with E-state index in [1.54, 1.807) is 23.9 Å². The number of nitrogens with zero attached hydrogens (tertiary/aromatic N) is 1. The van der Waals surface area contributed by atoms with Crippen LogP contribution in [0.5, 0.6) is 0 Å². The maximum atomic E-state index is 11.0. The number of hydrogen-bond donors (Lipinski definition) is 1. The number of rotatable bonds is 2. The number of benzene rings is 2. The number of aromatic nitrogens is 1. The molecule has 4 rings (SSSR count). The summed E-state index contributed by atoms with van der Waals surface area (Å²) in [6.45, 7) is 0. The Morgan fingerprint density at radius 1 is 1.29 bits per heavy atom. The molecule has 5 heteroatoms. The number of hydrogen-bond acceptors (Lipinski definition) is 4. The highest BCUT2D eigenvalue weighted by Crippen LogP contribution is 2.43. The molecule has 1 atom stereocenters. The Kier molecular flexibility index (Phi) is 2.75. The Morgan fingerprint density at radius 3 is 3.00 bits per heavy atom. The van der Waals surface area contributed by atoms with E-state index >= 15 is 0 Å². The minimum Gasteiger partial charge on any atom is -0.478 e. The van der Waals surface area contributed by atoms with Gasteiger partial charge in [-0.1, -0.05) is 18.2 Å². The minimum absolute atomic E-state index is 0.131. The van der Waals surface area contributed by atoms with Gasteiger partial charge in [-0.25, -0.2) is 9.78 Å². The first kappa shape index (κ1) is 12.5. The van der Waals surface area contributed by atoms with Crippen molar-refractivity contribution in [3.63, 3.8) is 0 Å². The summed E-state index contributed by atoms with van der Waals surface area (Å²) >= 11 is 1.79. The van der Waals surface area contributed by atoms with Gasteiger partial charge >= 0.3 is 5.97 Å². The van der Waals surface area contributed by atoms with E-state index in [2.05, 4.69) is 17.1 Å². The number of carboxylic acid groups (broad SMARTS) is 1. The predicted molar refractivity (Wildman–Crippen MR) is 80.0 cm³/mol. The first-order valence-electron chi connectivity index (χ1n) is 6.58. The van der Waals surface area contributed by atoms with Gasteiger partial charge in [0.1, 0.15) is 5.52 Å². The van der Waals surface area contributed by atoms with Crippen LogP contribution in [0.25, 0.3) is 11.1 Å². The molecule has 3 aromatic rings.